The van der Waals surface area contributed by atoms with E-state index in [2.05, 4.69) is 16.0 Å². The van der Waals surface area contributed by atoms with Crippen molar-refractivity contribution in [1.82, 2.24) is 5.32 Å². The summed E-state index contributed by atoms with van der Waals surface area (Å²) in [6, 6.07) is 11.1. The van der Waals surface area contributed by atoms with Crippen molar-refractivity contribution in [2.24, 2.45) is 0 Å². The number of carbonyl (C=O) groups is 2. The summed E-state index contributed by atoms with van der Waals surface area (Å²) >= 11 is 5.88. The molecule has 0 aliphatic rings. The molecule has 0 fully saturated rings. The van der Waals surface area contributed by atoms with Gasteiger partial charge in [-0.3, -0.25) is 9.59 Å². The van der Waals surface area contributed by atoms with Gasteiger partial charge in [-0.1, -0.05) is 35.4 Å². The normalized spacial score (nSPS) is 10.2. The fraction of sp³-hybridized carbons (Fsp3) is 0.263. The second-order valence-corrected chi connectivity index (χ2v) is 6.40. The molecular weight excluding hydrogens is 338 g/mol. The Morgan fingerprint density at radius 3 is 2.28 bits per heavy atom. The highest BCUT2D eigenvalue weighted by molar-refractivity contribution is 6.30. The summed E-state index contributed by atoms with van der Waals surface area (Å²) in [4.78, 5) is 23.9. The van der Waals surface area contributed by atoms with Crippen LogP contribution in [0.1, 0.15) is 16.7 Å². The number of benzene rings is 2. The second-order valence-electron chi connectivity index (χ2n) is 5.96. The molecule has 0 saturated heterocycles. The third kappa shape index (κ3) is 5.80. The molecular formula is C19H22ClN3O2. The maximum absolute atomic E-state index is 12.1. The summed E-state index contributed by atoms with van der Waals surface area (Å²) in [5, 5.41) is 8.99. The van der Waals surface area contributed by atoms with E-state index < -0.39 is 0 Å². The van der Waals surface area contributed by atoms with E-state index in [-0.39, 0.29) is 24.9 Å². The molecule has 0 aliphatic heterocycles. The molecule has 3 N–H and O–H groups in total. The Hall–Kier alpha value is -2.53. The molecule has 0 aromatic heterocycles. The maximum atomic E-state index is 12.1. The monoisotopic (exact) mass is 359 g/mol. The number of hydrogen-bond donors (Lipinski definition) is 3. The maximum Gasteiger partial charge on any atom is 0.243 e. The third-order valence-corrected chi connectivity index (χ3v) is 3.90. The molecule has 2 amide bonds. The molecule has 0 unspecified atom stereocenters. The van der Waals surface area contributed by atoms with Crippen LogP contribution in [0.5, 0.6) is 0 Å². The largest absolute Gasteiger partial charge is 0.376 e. The second kappa shape index (κ2) is 8.53. The molecule has 0 heterocycles. The number of nitrogens with one attached hydrogen (secondary N) is 3. The summed E-state index contributed by atoms with van der Waals surface area (Å²) in [5.74, 6) is -0.529. The van der Waals surface area contributed by atoms with E-state index in [1.807, 2.05) is 39.0 Å². The lowest BCUT2D eigenvalue weighted by atomic mass is 10.1. The first kappa shape index (κ1) is 18.8. The molecule has 0 radical (unpaired) electrons. The topological polar surface area (TPSA) is 70.2 Å². The van der Waals surface area contributed by atoms with Crippen LogP contribution in [0, 0.1) is 20.8 Å². The summed E-state index contributed by atoms with van der Waals surface area (Å²) in [7, 11) is 0. The van der Waals surface area contributed by atoms with Crippen molar-refractivity contribution in [1.29, 1.82) is 0 Å². The fourth-order valence-electron chi connectivity index (χ4n) is 2.58. The SMILES string of the molecule is Cc1cc(C)c(NC(=O)CNC(=O)CNc2cccc(Cl)c2)c(C)c1. The fourth-order valence-corrected chi connectivity index (χ4v) is 2.77. The number of halogens is 1. The van der Waals surface area contributed by atoms with Crippen LogP contribution in [0.3, 0.4) is 0 Å². The highest BCUT2D eigenvalue weighted by Gasteiger charge is 2.10. The van der Waals surface area contributed by atoms with Gasteiger partial charge in [0.1, 0.15) is 0 Å². The minimum Gasteiger partial charge on any atom is -0.376 e. The summed E-state index contributed by atoms with van der Waals surface area (Å²) in [6.45, 7) is 5.89. The molecule has 25 heavy (non-hydrogen) atoms. The van der Waals surface area contributed by atoms with Gasteiger partial charge in [0.2, 0.25) is 11.8 Å². The van der Waals surface area contributed by atoms with Crippen LogP contribution in [0.15, 0.2) is 36.4 Å². The van der Waals surface area contributed by atoms with E-state index >= 15 is 0 Å². The Morgan fingerprint density at radius 1 is 0.960 bits per heavy atom. The van der Waals surface area contributed by atoms with E-state index in [4.69, 9.17) is 11.6 Å². The molecule has 0 saturated carbocycles. The molecule has 0 atom stereocenters. The standard InChI is InChI=1S/C19H22ClN3O2/c1-12-7-13(2)19(14(3)8-12)23-18(25)11-22-17(24)10-21-16-6-4-5-15(20)9-16/h4-9,21H,10-11H2,1-3H3,(H,22,24)(H,23,25). The Kier molecular flexibility index (Phi) is 6.42. The molecule has 0 spiro atoms. The average Bonchev–Trinajstić information content (AvgIpc) is 2.54. The highest BCUT2D eigenvalue weighted by atomic mass is 35.5. The Bertz CT molecular complexity index is 767. The molecule has 2 aromatic rings. The first-order chi connectivity index (χ1) is 11.8. The zero-order valence-corrected chi connectivity index (χ0v) is 15.3. The van der Waals surface area contributed by atoms with Gasteiger partial charge in [-0.25, -0.2) is 0 Å². The molecule has 0 bridgehead atoms. The Morgan fingerprint density at radius 2 is 1.64 bits per heavy atom. The van der Waals surface area contributed by atoms with Gasteiger partial charge in [-0.15, -0.1) is 0 Å². The van der Waals surface area contributed by atoms with Gasteiger partial charge >= 0.3 is 0 Å². The van der Waals surface area contributed by atoms with Gasteiger partial charge in [0.15, 0.2) is 0 Å². The predicted molar refractivity (Wildman–Crippen MR) is 102 cm³/mol. The van der Waals surface area contributed by atoms with Crippen LogP contribution in [0.4, 0.5) is 11.4 Å². The minimum absolute atomic E-state index is 0.0657. The van der Waals surface area contributed by atoms with Gasteiger partial charge in [-0.05, 0) is 50.1 Å². The average molecular weight is 360 g/mol. The Balaban J connectivity index is 1.81. The molecule has 132 valence electrons. The van der Waals surface area contributed by atoms with Crippen molar-refractivity contribution in [3.8, 4) is 0 Å². The van der Waals surface area contributed by atoms with Gasteiger partial charge in [0.25, 0.3) is 0 Å². The summed E-state index contributed by atoms with van der Waals surface area (Å²) in [6.07, 6.45) is 0. The summed E-state index contributed by atoms with van der Waals surface area (Å²) in [5.41, 5.74) is 4.69. The van der Waals surface area contributed by atoms with E-state index in [9.17, 15) is 9.59 Å². The van der Waals surface area contributed by atoms with E-state index in [0.717, 1.165) is 28.1 Å². The minimum atomic E-state index is -0.271. The first-order valence-electron chi connectivity index (χ1n) is 7.99. The number of hydrogen-bond acceptors (Lipinski definition) is 3. The van der Waals surface area contributed by atoms with Crippen LogP contribution in [-0.4, -0.2) is 24.9 Å². The van der Waals surface area contributed by atoms with Crippen LogP contribution in [-0.2, 0) is 9.59 Å². The lowest BCUT2D eigenvalue weighted by molar-refractivity contribution is -0.122. The lowest BCUT2D eigenvalue weighted by Gasteiger charge is -2.13. The van der Waals surface area contributed by atoms with Gasteiger partial charge in [0.05, 0.1) is 13.1 Å². The van der Waals surface area contributed by atoms with Crippen LogP contribution in [0.2, 0.25) is 5.02 Å². The van der Waals surface area contributed by atoms with E-state index in [1.165, 1.54) is 0 Å². The zero-order valence-electron chi connectivity index (χ0n) is 14.6. The highest BCUT2D eigenvalue weighted by Crippen LogP contribution is 2.21. The van der Waals surface area contributed by atoms with Gasteiger partial charge in [0, 0.05) is 16.4 Å². The molecule has 0 aliphatic carbocycles. The van der Waals surface area contributed by atoms with Crippen molar-refractivity contribution in [2.75, 3.05) is 23.7 Å². The van der Waals surface area contributed by atoms with E-state index in [0.29, 0.717) is 5.02 Å². The third-order valence-electron chi connectivity index (χ3n) is 3.67. The van der Waals surface area contributed by atoms with Crippen molar-refractivity contribution >= 4 is 34.8 Å². The number of carbonyl (C=O) groups excluding carboxylic acids is 2. The summed E-state index contributed by atoms with van der Waals surface area (Å²) < 4.78 is 0. The predicted octanol–water partition coefficient (Wildman–Crippen LogP) is 3.43. The lowest BCUT2D eigenvalue weighted by Crippen LogP contribution is -2.36. The molecule has 2 aromatic carbocycles. The van der Waals surface area contributed by atoms with Crippen molar-refractivity contribution < 1.29 is 9.59 Å². The van der Waals surface area contributed by atoms with E-state index in [1.54, 1.807) is 18.2 Å². The smallest absolute Gasteiger partial charge is 0.243 e. The van der Waals surface area contributed by atoms with Crippen molar-refractivity contribution in [2.45, 2.75) is 20.8 Å². The van der Waals surface area contributed by atoms with Gasteiger partial charge in [-0.2, -0.15) is 0 Å². The van der Waals surface area contributed by atoms with Crippen LogP contribution >= 0.6 is 11.6 Å². The Labute approximate surface area is 152 Å². The molecule has 5 nitrogen and oxygen atoms in total. The number of rotatable bonds is 6. The van der Waals surface area contributed by atoms with Crippen LogP contribution in [0.25, 0.3) is 0 Å². The van der Waals surface area contributed by atoms with Crippen molar-refractivity contribution in [3.05, 3.63) is 58.1 Å². The quantitative estimate of drug-likeness (QED) is 0.740. The number of aryl methyl sites for hydroxylation is 3. The zero-order chi connectivity index (χ0) is 18.4. The molecule has 2 rings (SSSR count). The number of amides is 2. The molecule has 6 heteroatoms. The van der Waals surface area contributed by atoms with Crippen LogP contribution < -0.4 is 16.0 Å². The number of anilines is 2. The van der Waals surface area contributed by atoms with Crippen molar-refractivity contribution in [3.63, 3.8) is 0 Å². The van der Waals surface area contributed by atoms with Gasteiger partial charge < -0.3 is 16.0 Å². The first-order valence-corrected chi connectivity index (χ1v) is 8.37.